The Morgan fingerprint density at radius 2 is 1.66 bits per heavy atom. The highest BCUT2D eigenvalue weighted by Crippen LogP contribution is 2.52. The van der Waals surface area contributed by atoms with Gasteiger partial charge in [-0.25, -0.2) is 4.39 Å². The van der Waals surface area contributed by atoms with Crippen molar-refractivity contribution in [3.8, 4) is 0 Å². The van der Waals surface area contributed by atoms with E-state index >= 15 is 4.39 Å². The zero-order valence-electron chi connectivity index (χ0n) is 23.6. The molecule has 1 N–H and O–H groups in total. The van der Waals surface area contributed by atoms with E-state index in [-0.39, 0.29) is 17.9 Å². The largest absolute Gasteiger partial charge is 0.481 e. The van der Waals surface area contributed by atoms with Crippen molar-refractivity contribution in [1.82, 2.24) is 4.90 Å². The maximum atomic E-state index is 15.1. The summed E-state index contributed by atoms with van der Waals surface area (Å²) in [6.45, 7) is 4.08. The number of nitrogens with zero attached hydrogens (tertiary/aromatic N) is 2. The molecule has 3 atom stereocenters. The highest BCUT2D eigenvalue weighted by atomic mass is 19.4. The van der Waals surface area contributed by atoms with Crippen LogP contribution in [0.2, 0.25) is 0 Å². The highest BCUT2D eigenvalue weighted by Gasteiger charge is 2.57. The van der Waals surface area contributed by atoms with Crippen molar-refractivity contribution >= 4 is 17.6 Å². The van der Waals surface area contributed by atoms with Gasteiger partial charge in [-0.3, -0.25) is 9.59 Å². The van der Waals surface area contributed by atoms with Gasteiger partial charge in [-0.15, -0.1) is 0 Å². The van der Waals surface area contributed by atoms with Gasteiger partial charge in [0.25, 0.3) is 0 Å². The molecule has 1 aliphatic carbocycles. The lowest BCUT2D eigenvalue weighted by molar-refractivity contribution is -0.228. The summed E-state index contributed by atoms with van der Waals surface area (Å²) in [7, 11) is 0. The number of carbonyl (C=O) groups excluding carboxylic acids is 1. The second-order valence-electron chi connectivity index (χ2n) is 12.2. The molecule has 9 heteroatoms. The summed E-state index contributed by atoms with van der Waals surface area (Å²) in [5.41, 5.74) is -1.91. The minimum atomic E-state index is -5.05. The maximum absolute atomic E-state index is 15.1. The summed E-state index contributed by atoms with van der Waals surface area (Å²) in [6.07, 6.45) is -1.03. The van der Waals surface area contributed by atoms with Gasteiger partial charge < -0.3 is 14.9 Å². The SMILES string of the molecule is CCCN1CC2N(C(=O)[C@H]3CC[C@H](C(=O)O)CC3)CCC2(Cc2ccccc2)c2ccc(C(C)(F)C(F)(F)F)cc21. The molecule has 41 heavy (non-hydrogen) atoms. The maximum Gasteiger partial charge on any atom is 0.426 e. The van der Waals surface area contributed by atoms with Crippen molar-refractivity contribution in [2.45, 2.75) is 82.1 Å². The van der Waals surface area contributed by atoms with Crippen molar-refractivity contribution in [3.63, 3.8) is 0 Å². The number of rotatable bonds is 7. The minimum absolute atomic E-state index is 0.0405. The predicted octanol–water partition coefficient (Wildman–Crippen LogP) is 6.64. The van der Waals surface area contributed by atoms with Crippen molar-refractivity contribution in [2.75, 3.05) is 24.5 Å². The Kier molecular flexibility index (Phi) is 7.85. The Hall–Kier alpha value is -3.10. The quantitative estimate of drug-likeness (QED) is 0.377. The van der Waals surface area contributed by atoms with E-state index in [2.05, 4.69) is 0 Å². The number of anilines is 1. The Morgan fingerprint density at radius 3 is 2.27 bits per heavy atom. The van der Waals surface area contributed by atoms with Gasteiger partial charge in [-0.1, -0.05) is 49.4 Å². The van der Waals surface area contributed by atoms with Gasteiger partial charge >= 0.3 is 12.1 Å². The molecule has 0 aromatic heterocycles. The van der Waals surface area contributed by atoms with E-state index < -0.39 is 34.7 Å². The zero-order chi connectivity index (χ0) is 29.6. The molecule has 1 saturated carbocycles. The normalized spacial score (nSPS) is 27.6. The molecule has 2 aliphatic heterocycles. The topological polar surface area (TPSA) is 60.9 Å². The zero-order valence-corrected chi connectivity index (χ0v) is 23.6. The van der Waals surface area contributed by atoms with Gasteiger partial charge in [0.1, 0.15) is 0 Å². The van der Waals surface area contributed by atoms with Crippen molar-refractivity contribution in [2.24, 2.45) is 11.8 Å². The minimum Gasteiger partial charge on any atom is -0.481 e. The van der Waals surface area contributed by atoms with Crippen LogP contribution in [-0.2, 0) is 27.1 Å². The number of benzene rings is 2. The highest BCUT2D eigenvalue weighted by molar-refractivity contribution is 5.81. The van der Waals surface area contributed by atoms with Gasteiger partial charge in [0, 0.05) is 42.2 Å². The fraction of sp³-hybridized carbons (Fsp3) is 0.562. The third-order valence-corrected chi connectivity index (χ3v) is 9.72. The molecule has 2 fully saturated rings. The predicted molar refractivity (Wildman–Crippen MR) is 148 cm³/mol. The summed E-state index contributed by atoms with van der Waals surface area (Å²) >= 11 is 0. The number of likely N-dealkylation sites (tertiary alicyclic amines) is 1. The lowest BCUT2D eigenvalue weighted by atomic mass is 9.66. The average molecular weight is 575 g/mol. The van der Waals surface area contributed by atoms with Crippen LogP contribution in [0.3, 0.4) is 0 Å². The second-order valence-corrected chi connectivity index (χ2v) is 12.2. The van der Waals surface area contributed by atoms with Gasteiger partial charge in [0.2, 0.25) is 11.6 Å². The van der Waals surface area contributed by atoms with E-state index in [0.717, 1.165) is 17.5 Å². The monoisotopic (exact) mass is 574 g/mol. The number of hydrogen-bond acceptors (Lipinski definition) is 3. The number of carboxylic acid groups (broad SMARTS) is 1. The third-order valence-electron chi connectivity index (χ3n) is 9.72. The molecule has 222 valence electrons. The van der Waals surface area contributed by atoms with Crippen LogP contribution >= 0.6 is 0 Å². The number of alkyl halides is 4. The van der Waals surface area contributed by atoms with Gasteiger partial charge in [-0.2, -0.15) is 13.2 Å². The summed E-state index contributed by atoms with van der Waals surface area (Å²) in [6, 6.07) is 14.0. The molecular weight excluding hydrogens is 536 g/mol. The molecule has 2 aromatic rings. The standard InChI is InChI=1S/C32H38F4N2O3/c1-3-16-37-20-27-31(19-21-7-5-4-6-8-21,25-14-13-24(18-26(25)37)30(2,33)32(34,35)36)15-17-38(27)28(39)22-9-11-23(12-10-22)29(40)41/h4-8,13-14,18,22-23,27H,3,9-12,15-17,19-20H2,1-2H3,(H,40,41)/t22-,23-,27?,30?,31?. The van der Waals surface area contributed by atoms with Crippen LogP contribution in [0.5, 0.6) is 0 Å². The van der Waals surface area contributed by atoms with Crippen LogP contribution in [-0.4, -0.2) is 53.7 Å². The van der Waals surface area contributed by atoms with Crippen molar-refractivity contribution in [1.29, 1.82) is 0 Å². The molecule has 0 radical (unpaired) electrons. The molecule has 3 unspecified atom stereocenters. The van der Waals surface area contributed by atoms with Crippen LogP contribution in [0.1, 0.15) is 69.1 Å². The molecule has 1 amide bonds. The van der Waals surface area contributed by atoms with Crippen LogP contribution in [0.25, 0.3) is 0 Å². The lowest BCUT2D eigenvalue weighted by Gasteiger charge is -2.49. The number of carbonyl (C=O) groups is 2. The average Bonchev–Trinajstić information content (AvgIpc) is 3.31. The summed E-state index contributed by atoms with van der Waals surface area (Å²) < 4.78 is 56.2. The van der Waals surface area contributed by atoms with E-state index in [0.29, 0.717) is 70.8 Å². The Morgan fingerprint density at radius 1 is 1.00 bits per heavy atom. The first-order chi connectivity index (χ1) is 19.4. The van der Waals surface area contributed by atoms with Crippen molar-refractivity contribution in [3.05, 3.63) is 65.2 Å². The van der Waals surface area contributed by atoms with Gasteiger partial charge in [0.15, 0.2) is 0 Å². The lowest BCUT2D eigenvalue weighted by Crippen LogP contribution is -2.57. The number of carboxylic acids is 1. The first-order valence-corrected chi connectivity index (χ1v) is 14.6. The molecule has 2 aromatic carbocycles. The smallest absolute Gasteiger partial charge is 0.426 e. The molecule has 0 bridgehead atoms. The van der Waals surface area contributed by atoms with Crippen LogP contribution < -0.4 is 4.90 Å². The summed E-state index contributed by atoms with van der Waals surface area (Å²) in [5, 5.41) is 9.40. The number of aliphatic carboxylic acids is 1. The van der Waals surface area contributed by atoms with E-state index in [4.69, 9.17) is 0 Å². The van der Waals surface area contributed by atoms with E-state index in [1.54, 1.807) is 6.07 Å². The Balaban J connectivity index is 1.56. The summed E-state index contributed by atoms with van der Waals surface area (Å²) in [4.78, 5) is 29.4. The second kappa shape index (κ2) is 11.0. The van der Waals surface area contributed by atoms with E-state index in [1.165, 1.54) is 12.1 Å². The summed E-state index contributed by atoms with van der Waals surface area (Å²) in [5.74, 6) is -1.42. The molecule has 5 nitrogen and oxygen atoms in total. The first-order valence-electron chi connectivity index (χ1n) is 14.6. The number of hydrogen-bond donors (Lipinski definition) is 1. The Bertz CT molecular complexity index is 1270. The van der Waals surface area contributed by atoms with E-state index in [1.807, 2.05) is 47.1 Å². The molecular formula is C32H38F4N2O3. The van der Waals surface area contributed by atoms with Gasteiger partial charge in [-0.05, 0) is 69.1 Å². The van der Waals surface area contributed by atoms with Crippen LogP contribution in [0, 0.1) is 11.8 Å². The number of halogens is 4. The van der Waals surface area contributed by atoms with Crippen molar-refractivity contribution < 1.29 is 32.3 Å². The fourth-order valence-corrected chi connectivity index (χ4v) is 7.33. The fourth-order valence-electron chi connectivity index (χ4n) is 7.33. The molecule has 2 heterocycles. The molecule has 5 rings (SSSR count). The first kappa shape index (κ1) is 29.4. The number of amides is 1. The number of fused-ring (bicyclic) bond motifs is 3. The molecule has 3 aliphatic rings. The van der Waals surface area contributed by atoms with Crippen LogP contribution in [0.15, 0.2) is 48.5 Å². The molecule has 0 spiro atoms. The van der Waals surface area contributed by atoms with Gasteiger partial charge in [0.05, 0.1) is 12.0 Å². The van der Waals surface area contributed by atoms with E-state index in [9.17, 15) is 27.9 Å². The Labute approximate surface area is 238 Å². The third kappa shape index (κ3) is 5.21. The van der Waals surface area contributed by atoms with Crippen LogP contribution in [0.4, 0.5) is 23.2 Å². The molecule has 1 saturated heterocycles.